The van der Waals surface area contributed by atoms with E-state index in [9.17, 15) is 0 Å². The van der Waals surface area contributed by atoms with Crippen LogP contribution in [0.4, 0.5) is 0 Å². The van der Waals surface area contributed by atoms with Crippen LogP contribution in [0.15, 0.2) is 12.7 Å². The van der Waals surface area contributed by atoms with Crippen molar-refractivity contribution in [3.8, 4) is 0 Å². The molecule has 1 heterocycles. The van der Waals surface area contributed by atoms with Crippen molar-refractivity contribution in [3.05, 3.63) is 12.7 Å². The molecule has 1 heteroatoms. The summed E-state index contributed by atoms with van der Waals surface area (Å²) < 4.78 is 0. The first-order valence-corrected chi connectivity index (χ1v) is 4.19. The van der Waals surface area contributed by atoms with E-state index in [1.54, 1.807) is 0 Å². The van der Waals surface area contributed by atoms with Gasteiger partial charge in [-0.15, -0.1) is 6.58 Å². The van der Waals surface area contributed by atoms with E-state index in [1.807, 2.05) is 6.08 Å². The molecule has 1 aliphatic rings. The van der Waals surface area contributed by atoms with Gasteiger partial charge in [0.15, 0.2) is 0 Å². The Kier molecular flexibility index (Phi) is 2.50. The molecule has 1 saturated heterocycles. The standard InChI is InChI=1S/C9H17N/c1-3-6-9(4-2)7-5-8-10-9/h3,10H,1,4-8H2,2H3. The van der Waals surface area contributed by atoms with Crippen LogP contribution < -0.4 is 5.32 Å². The fourth-order valence-corrected chi connectivity index (χ4v) is 1.77. The zero-order valence-corrected chi connectivity index (χ0v) is 6.82. The van der Waals surface area contributed by atoms with Gasteiger partial charge in [-0.3, -0.25) is 0 Å². The summed E-state index contributed by atoms with van der Waals surface area (Å²) in [6.07, 6.45) is 7.06. The predicted molar refractivity (Wildman–Crippen MR) is 45.1 cm³/mol. The fraction of sp³-hybridized carbons (Fsp3) is 0.778. The summed E-state index contributed by atoms with van der Waals surface area (Å²) in [6, 6.07) is 0. The zero-order valence-electron chi connectivity index (χ0n) is 6.82. The normalized spacial score (nSPS) is 32.5. The molecule has 1 atom stereocenters. The van der Waals surface area contributed by atoms with E-state index in [2.05, 4.69) is 18.8 Å². The van der Waals surface area contributed by atoms with E-state index in [4.69, 9.17) is 0 Å². The minimum absolute atomic E-state index is 0.418. The average molecular weight is 139 g/mol. The van der Waals surface area contributed by atoms with Crippen LogP contribution in [0.3, 0.4) is 0 Å². The van der Waals surface area contributed by atoms with Gasteiger partial charge in [0, 0.05) is 5.54 Å². The average Bonchev–Trinajstić information content (AvgIpc) is 2.39. The summed E-state index contributed by atoms with van der Waals surface area (Å²) in [7, 11) is 0. The van der Waals surface area contributed by atoms with Crippen molar-refractivity contribution in [1.29, 1.82) is 0 Å². The minimum atomic E-state index is 0.418. The molecule has 0 aromatic heterocycles. The second-order valence-electron chi connectivity index (χ2n) is 3.16. The van der Waals surface area contributed by atoms with Gasteiger partial charge in [-0.1, -0.05) is 13.0 Å². The van der Waals surface area contributed by atoms with Gasteiger partial charge in [0.1, 0.15) is 0 Å². The highest BCUT2D eigenvalue weighted by molar-refractivity contribution is 4.96. The molecule has 1 nitrogen and oxygen atoms in total. The van der Waals surface area contributed by atoms with E-state index in [0.717, 1.165) is 6.42 Å². The van der Waals surface area contributed by atoms with Crippen LogP contribution in [-0.4, -0.2) is 12.1 Å². The lowest BCUT2D eigenvalue weighted by molar-refractivity contribution is 0.367. The molecule has 0 aromatic carbocycles. The highest BCUT2D eigenvalue weighted by Crippen LogP contribution is 2.26. The van der Waals surface area contributed by atoms with Crippen molar-refractivity contribution >= 4 is 0 Å². The Balaban J connectivity index is 2.48. The Labute approximate surface area is 63.5 Å². The lowest BCUT2D eigenvalue weighted by atomic mass is 9.91. The summed E-state index contributed by atoms with van der Waals surface area (Å²) in [5.41, 5.74) is 0.418. The molecular weight excluding hydrogens is 122 g/mol. The maximum Gasteiger partial charge on any atom is 0.0213 e. The summed E-state index contributed by atoms with van der Waals surface area (Å²) in [4.78, 5) is 0. The lowest BCUT2D eigenvalue weighted by Gasteiger charge is -2.26. The van der Waals surface area contributed by atoms with Gasteiger partial charge in [-0.05, 0) is 32.2 Å². The van der Waals surface area contributed by atoms with E-state index < -0.39 is 0 Å². The SMILES string of the molecule is C=CCC1(CC)CCCN1. The van der Waals surface area contributed by atoms with Gasteiger partial charge in [-0.25, -0.2) is 0 Å². The molecule has 1 unspecified atom stereocenters. The summed E-state index contributed by atoms with van der Waals surface area (Å²) in [5, 5.41) is 3.55. The maximum absolute atomic E-state index is 3.78. The van der Waals surface area contributed by atoms with Gasteiger partial charge in [0.2, 0.25) is 0 Å². The first-order valence-electron chi connectivity index (χ1n) is 4.19. The molecule has 10 heavy (non-hydrogen) atoms. The van der Waals surface area contributed by atoms with Crippen molar-refractivity contribution in [3.63, 3.8) is 0 Å². The van der Waals surface area contributed by atoms with Gasteiger partial charge >= 0.3 is 0 Å². The Morgan fingerprint density at radius 2 is 2.50 bits per heavy atom. The van der Waals surface area contributed by atoms with E-state index in [1.165, 1.54) is 25.8 Å². The third-order valence-corrected chi connectivity index (χ3v) is 2.54. The van der Waals surface area contributed by atoms with E-state index in [-0.39, 0.29) is 0 Å². The minimum Gasteiger partial charge on any atom is -0.311 e. The molecule has 0 spiro atoms. The topological polar surface area (TPSA) is 12.0 Å². The van der Waals surface area contributed by atoms with Crippen LogP contribution in [0.25, 0.3) is 0 Å². The number of hydrogen-bond donors (Lipinski definition) is 1. The Morgan fingerprint density at radius 1 is 1.70 bits per heavy atom. The molecule has 0 bridgehead atoms. The Hall–Kier alpha value is -0.300. The summed E-state index contributed by atoms with van der Waals surface area (Å²) >= 11 is 0. The molecule has 1 fully saturated rings. The van der Waals surface area contributed by atoms with E-state index >= 15 is 0 Å². The van der Waals surface area contributed by atoms with Crippen LogP contribution in [0, 0.1) is 0 Å². The molecule has 0 saturated carbocycles. The summed E-state index contributed by atoms with van der Waals surface area (Å²) in [5.74, 6) is 0. The summed E-state index contributed by atoms with van der Waals surface area (Å²) in [6.45, 7) is 7.23. The quantitative estimate of drug-likeness (QED) is 0.590. The van der Waals surface area contributed by atoms with Gasteiger partial charge in [0.25, 0.3) is 0 Å². The van der Waals surface area contributed by atoms with Crippen molar-refractivity contribution < 1.29 is 0 Å². The molecular formula is C9H17N. The largest absolute Gasteiger partial charge is 0.311 e. The number of nitrogens with one attached hydrogen (secondary N) is 1. The van der Waals surface area contributed by atoms with E-state index in [0.29, 0.717) is 5.54 Å². The third-order valence-electron chi connectivity index (χ3n) is 2.54. The lowest BCUT2D eigenvalue weighted by Crippen LogP contribution is -2.38. The van der Waals surface area contributed by atoms with Crippen molar-refractivity contribution in [2.75, 3.05) is 6.54 Å². The molecule has 0 aromatic rings. The number of hydrogen-bond acceptors (Lipinski definition) is 1. The van der Waals surface area contributed by atoms with Crippen molar-refractivity contribution in [2.45, 2.75) is 38.1 Å². The maximum atomic E-state index is 3.78. The third kappa shape index (κ3) is 1.40. The second kappa shape index (κ2) is 3.20. The first kappa shape index (κ1) is 7.80. The van der Waals surface area contributed by atoms with Crippen LogP contribution >= 0.6 is 0 Å². The highest BCUT2D eigenvalue weighted by Gasteiger charge is 2.29. The molecule has 1 N–H and O–H groups in total. The molecule has 0 amide bonds. The smallest absolute Gasteiger partial charge is 0.0213 e. The van der Waals surface area contributed by atoms with Crippen LogP contribution in [-0.2, 0) is 0 Å². The fourth-order valence-electron chi connectivity index (χ4n) is 1.77. The molecule has 58 valence electrons. The monoisotopic (exact) mass is 139 g/mol. The predicted octanol–water partition coefficient (Wildman–Crippen LogP) is 2.09. The molecule has 0 radical (unpaired) electrons. The van der Waals surface area contributed by atoms with Crippen molar-refractivity contribution in [2.24, 2.45) is 0 Å². The molecule has 1 aliphatic heterocycles. The second-order valence-corrected chi connectivity index (χ2v) is 3.16. The Bertz CT molecular complexity index is 112. The zero-order chi connectivity index (χ0) is 7.45. The first-order chi connectivity index (χ1) is 4.83. The van der Waals surface area contributed by atoms with Crippen LogP contribution in [0.5, 0.6) is 0 Å². The van der Waals surface area contributed by atoms with Gasteiger partial charge in [-0.2, -0.15) is 0 Å². The van der Waals surface area contributed by atoms with Crippen LogP contribution in [0.2, 0.25) is 0 Å². The van der Waals surface area contributed by atoms with Crippen molar-refractivity contribution in [1.82, 2.24) is 5.32 Å². The van der Waals surface area contributed by atoms with Crippen LogP contribution in [0.1, 0.15) is 32.6 Å². The van der Waals surface area contributed by atoms with Gasteiger partial charge < -0.3 is 5.32 Å². The highest BCUT2D eigenvalue weighted by atomic mass is 15.0. The molecule has 0 aliphatic carbocycles. The molecule has 1 rings (SSSR count). The number of rotatable bonds is 3. The Morgan fingerprint density at radius 3 is 2.90 bits per heavy atom. The van der Waals surface area contributed by atoms with Gasteiger partial charge in [0.05, 0.1) is 0 Å².